The standard InChI is InChI=1S/C20H14BrN3O3S2/c1-20(2)19(25)16-15(29(20,26)27)8-11-12(5-6-22-18(11)17(16)21)24-10-3-4-14-13(7-10)23-9-28-14/h3-9H,1-2H3,(H,22,24). The summed E-state index contributed by atoms with van der Waals surface area (Å²) >= 11 is 5.01. The molecule has 3 heterocycles. The molecular formula is C20H14BrN3O3S2. The topological polar surface area (TPSA) is 89.0 Å². The van der Waals surface area contributed by atoms with Gasteiger partial charge < -0.3 is 5.32 Å². The van der Waals surface area contributed by atoms with E-state index in [1.807, 2.05) is 18.2 Å². The number of Topliss-reactive ketones (excluding diaryl/α,β-unsaturated/α-hetero) is 1. The Balaban J connectivity index is 1.73. The molecular weight excluding hydrogens is 474 g/mol. The van der Waals surface area contributed by atoms with Crippen LogP contribution in [0.5, 0.6) is 0 Å². The zero-order chi connectivity index (χ0) is 20.6. The molecule has 0 atom stereocenters. The first kappa shape index (κ1) is 18.7. The van der Waals surface area contributed by atoms with Crippen molar-refractivity contribution in [3.05, 3.63) is 52.1 Å². The molecule has 0 unspecified atom stereocenters. The number of carbonyl (C=O) groups is 1. The number of nitrogens with one attached hydrogen (secondary N) is 1. The van der Waals surface area contributed by atoms with E-state index in [1.54, 1.807) is 35.2 Å². The minimum atomic E-state index is -3.80. The summed E-state index contributed by atoms with van der Waals surface area (Å²) in [4.78, 5) is 21.6. The van der Waals surface area contributed by atoms with Crippen molar-refractivity contribution < 1.29 is 13.2 Å². The van der Waals surface area contributed by atoms with Crippen LogP contribution in [0.4, 0.5) is 11.4 Å². The lowest BCUT2D eigenvalue weighted by Gasteiger charge is -2.13. The molecule has 5 rings (SSSR count). The quantitative estimate of drug-likeness (QED) is 0.423. The van der Waals surface area contributed by atoms with Crippen molar-refractivity contribution in [1.82, 2.24) is 9.97 Å². The van der Waals surface area contributed by atoms with Crippen molar-refractivity contribution in [3.63, 3.8) is 0 Å². The van der Waals surface area contributed by atoms with Crippen LogP contribution in [0.25, 0.3) is 21.1 Å². The van der Waals surface area contributed by atoms with Gasteiger partial charge >= 0.3 is 0 Å². The van der Waals surface area contributed by atoms with Crippen LogP contribution in [-0.2, 0) is 9.84 Å². The zero-order valence-electron chi connectivity index (χ0n) is 15.4. The van der Waals surface area contributed by atoms with Crippen molar-refractivity contribution in [1.29, 1.82) is 0 Å². The second-order valence-corrected chi connectivity index (χ2v) is 11.5. The van der Waals surface area contributed by atoms with Gasteiger partial charge in [-0.15, -0.1) is 11.3 Å². The number of nitrogens with zero attached hydrogens (tertiary/aromatic N) is 2. The van der Waals surface area contributed by atoms with Crippen molar-refractivity contribution in [2.24, 2.45) is 0 Å². The number of fused-ring (bicyclic) bond motifs is 3. The van der Waals surface area contributed by atoms with E-state index in [-0.39, 0.29) is 10.5 Å². The number of thiazole rings is 1. The maximum absolute atomic E-state index is 13.0. The van der Waals surface area contributed by atoms with Crippen LogP contribution in [0.1, 0.15) is 24.2 Å². The average molecular weight is 488 g/mol. The summed E-state index contributed by atoms with van der Waals surface area (Å²) < 4.78 is 26.0. The van der Waals surface area contributed by atoms with Gasteiger partial charge in [-0.1, -0.05) is 0 Å². The van der Waals surface area contributed by atoms with E-state index in [4.69, 9.17) is 0 Å². The van der Waals surface area contributed by atoms with Gasteiger partial charge in [0.15, 0.2) is 15.6 Å². The van der Waals surface area contributed by atoms with Crippen LogP contribution >= 0.6 is 27.3 Å². The number of pyridine rings is 1. The fraction of sp³-hybridized carbons (Fsp3) is 0.150. The minimum Gasteiger partial charge on any atom is -0.355 e. The molecule has 2 aromatic carbocycles. The normalized spacial score (nSPS) is 17.0. The number of hydrogen-bond acceptors (Lipinski definition) is 7. The lowest BCUT2D eigenvalue weighted by molar-refractivity contribution is 0.0958. The molecule has 6 nitrogen and oxygen atoms in total. The highest BCUT2D eigenvalue weighted by Crippen LogP contribution is 2.45. The Labute approximate surface area is 179 Å². The molecule has 9 heteroatoms. The summed E-state index contributed by atoms with van der Waals surface area (Å²) in [5.41, 5.74) is 4.91. The predicted octanol–water partition coefficient (Wildman–Crippen LogP) is 5.10. The number of aromatic nitrogens is 2. The summed E-state index contributed by atoms with van der Waals surface area (Å²) in [6, 6.07) is 9.19. The Bertz CT molecular complexity index is 1460. The van der Waals surface area contributed by atoms with E-state index in [9.17, 15) is 13.2 Å². The van der Waals surface area contributed by atoms with E-state index in [0.717, 1.165) is 15.9 Å². The van der Waals surface area contributed by atoms with Crippen LogP contribution in [0.3, 0.4) is 0 Å². The van der Waals surface area contributed by atoms with E-state index >= 15 is 0 Å². The van der Waals surface area contributed by atoms with Crippen molar-refractivity contribution in [3.8, 4) is 0 Å². The van der Waals surface area contributed by atoms with Crippen molar-refractivity contribution >= 4 is 75.4 Å². The molecule has 0 spiro atoms. The zero-order valence-corrected chi connectivity index (χ0v) is 18.6. The molecule has 1 N–H and O–H groups in total. The molecule has 0 saturated heterocycles. The summed E-state index contributed by atoms with van der Waals surface area (Å²) in [6.45, 7) is 2.88. The van der Waals surface area contributed by atoms with Crippen molar-refractivity contribution in [2.45, 2.75) is 23.5 Å². The summed E-state index contributed by atoms with van der Waals surface area (Å²) in [5.74, 6) is -0.421. The first-order chi connectivity index (χ1) is 13.7. The highest BCUT2D eigenvalue weighted by atomic mass is 79.9. The first-order valence-electron chi connectivity index (χ1n) is 8.73. The molecule has 1 aliphatic rings. The van der Waals surface area contributed by atoms with Crippen LogP contribution in [-0.4, -0.2) is 28.9 Å². The maximum Gasteiger partial charge on any atom is 0.191 e. The molecule has 0 amide bonds. The van der Waals surface area contributed by atoms with Gasteiger partial charge in [0.25, 0.3) is 0 Å². The fourth-order valence-electron chi connectivity index (χ4n) is 3.55. The van der Waals surface area contributed by atoms with E-state index in [1.165, 1.54) is 13.8 Å². The molecule has 1 aliphatic heterocycles. The number of sulfone groups is 1. The van der Waals surface area contributed by atoms with Gasteiger partial charge in [-0.2, -0.15) is 0 Å². The average Bonchev–Trinajstić information content (AvgIpc) is 3.19. The van der Waals surface area contributed by atoms with E-state index in [2.05, 4.69) is 31.2 Å². The molecule has 29 heavy (non-hydrogen) atoms. The molecule has 0 aliphatic carbocycles. The third-order valence-corrected chi connectivity index (χ3v) is 9.30. The Kier molecular flexibility index (Phi) is 3.90. The van der Waals surface area contributed by atoms with Gasteiger partial charge in [-0.05, 0) is 60.1 Å². The van der Waals surface area contributed by atoms with Gasteiger partial charge in [0.1, 0.15) is 4.75 Å². The Morgan fingerprint density at radius 3 is 2.72 bits per heavy atom. The highest BCUT2D eigenvalue weighted by Gasteiger charge is 2.52. The van der Waals surface area contributed by atoms with E-state index < -0.39 is 20.4 Å². The van der Waals surface area contributed by atoms with Gasteiger partial charge in [0.05, 0.1) is 36.2 Å². The lowest BCUT2D eigenvalue weighted by atomic mass is 9.99. The predicted molar refractivity (Wildman–Crippen MR) is 118 cm³/mol. The highest BCUT2D eigenvalue weighted by molar-refractivity contribution is 9.10. The Morgan fingerprint density at radius 1 is 1.14 bits per heavy atom. The van der Waals surface area contributed by atoms with Gasteiger partial charge in [0, 0.05) is 23.0 Å². The molecule has 146 valence electrons. The summed E-state index contributed by atoms with van der Waals surface area (Å²) in [7, 11) is -3.80. The number of rotatable bonds is 2. The molecule has 2 aromatic heterocycles. The third-order valence-electron chi connectivity index (χ3n) is 5.28. The molecule has 0 bridgehead atoms. The third kappa shape index (κ3) is 2.50. The molecule has 0 saturated carbocycles. The Morgan fingerprint density at radius 2 is 1.93 bits per heavy atom. The number of anilines is 2. The second-order valence-electron chi connectivity index (χ2n) is 7.32. The number of benzene rings is 2. The number of ketones is 1. The van der Waals surface area contributed by atoms with Gasteiger partial charge in [-0.3, -0.25) is 9.78 Å². The second kappa shape index (κ2) is 6.07. The first-order valence-corrected chi connectivity index (χ1v) is 11.9. The molecule has 0 radical (unpaired) electrons. The number of halogens is 1. The van der Waals surface area contributed by atoms with Gasteiger partial charge in [-0.25, -0.2) is 13.4 Å². The smallest absolute Gasteiger partial charge is 0.191 e. The van der Waals surface area contributed by atoms with Crippen LogP contribution < -0.4 is 5.32 Å². The number of carbonyl (C=O) groups excluding carboxylic acids is 1. The largest absolute Gasteiger partial charge is 0.355 e. The fourth-order valence-corrected chi connectivity index (χ4v) is 6.68. The van der Waals surface area contributed by atoms with E-state index in [0.29, 0.717) is 21.1 Å². The van der Waals surface area contributed by atoms with Crippen molar-refractivity contribution in [2.75, 3.05) is 5.32 Å². The summed E-state index contributed by atoms with van der Waals surface area (Å²) in [6.07, 6.45) is 1.63. The van der Waals surface area contributed by atoms with Crippen LogP contribution in [0.2, 0.25) is 0 Å². The monoisotopic (exact) mass is 487 g/mol. The molecule has 4 aromatic rings. The van der Waals surface area contributed by atoms with Gasteiger partial charge in [0.2, 0.25) is 0 Å². The van der Waals surface area contributed by atoms with Crippen LogP contribution in [0.15, 0.2) is 51.4 Å². The molecule has 0 fully saturated rings. The maximum atomic E-state index is 13.0. The lowest BCUT2D eigenvalue weighted by Crippen LogP contribution is -2.33. The summed E-state index contributed by atoms with van der Waals surface area (Å²) in [5, 5.41) is 3.95. The minimum absolute atomic E-state index is 0.0397. The van der Waals surface area contributed by atoms with Crippen LogP contribution in [0, 0.1) is 0 Å². The number of hydrogen-bond donors (Lipinski definition) is 1. The Hall–Kier alpha value is -2.36. The SMILES string of the molecule is CC1(C)C(=O)c2c(cc3c(Nc4ccc5scnc5c4)ccnc3c2Br)S1(=O)=O.